The van der Waals surface area contributed by atoms with Gasteiger partial charge < -0.3 is 10.5 Å². The summed E-state index contributed by atoms with van der Waals surface area (Å²) in [6.45, 7) is 4.88. The molecule has 1 aliphatic heterocycles. The molecule has 0 radical (unpaired) electrons. The van der Waals surface area contributed by atoms with E-state index >= 15 is 0 Å². The fourth-order valence-electron chi connectivity index (χ4n) is 3.50. The number of nitrogen functional groups attached to an aromatic ring is 1. The molecule has 3 aromatic rings. The number of benzene rings is 1. The average Bonchev–Trinajstić information content (AvgIpc) is 3.41. The summed E-state index contributed by atoms with van der Waals surface area (Å²) in [6, 6.07) is 7.36. The lowest BCUT2D eigenvalue weighted by Gasteiger charge is -2.25. The van der Waals surface area contributed by atoms with Crippen molar-refractivity contribution in [2.24, 2.45) is 5.10 Å². The molecule has 0 aliphatic carbocycles. The number of anilines is 1. The lowest BCUT2D eigenvalue weighted by molar-refractivity contribution is 0.0944. The van der Waals surface area contributed by atoms with Crippen LogP contribution < -0.4 is 15.9 Å². The van der Waals surface area contributed by atoms with Crippen LogP contribution in [-0.4, -0.2) is 62.0 Å². The number of piperidine rings is 1. The number of likely N-dealkylation sites (tertiary alicyclic amines) is 1. The highest BCUT2D eigenvalue weighted by Crippen LogP contribution is 2.19. The molecule has 0 bridgehead atoms. The Kier molecular flexibility index (Phi) is 6.70. The van der Waals surface area contributed by atoms with Crippen LogP contribution in [0.2, 0.25) is 0 Å². The molecule has 1 saturated heterocycles. The number of amides is 1. The smallest absolute Gasteiger partial charge is 0.292 e. The number of ether oxygens (including phenoxy) is 1. The molecule has 168 valence electrons. The number of hydrogen-bond donors (Lipinski definition) is 2. The summed E-state index contributed by atoms with van der Waals surface area (Å²) in [4.78, 5) is 15.3. The van der Waals surface area contributed by atoms with Crippen LogP contribution in [0.3, 0.4) is 0 Å². The Labute approximate surface area is 184 Å². The molecule has 0 saturated carbocycles. The third kappa shape index (κ3) is 4.91. The number of carbonyl (C=O) groups is 1. The SMILES string of the molecule is CCOc1ccc(/C=N\NC(=O)c2c(CN3CCCCC3)nnn2-c2nonc2N)cc1. The number of aromatic nitrogens is 5. The first-order chi connectivity index (χ1) is 15.7. The van der Waals surface area contributed by atoms with Gasteiger partial charge >= 0.3 is 0 Å². The van der Waals surface area contributed by atoms with E-state index in [1.54, 1.807) is 0 Å². The Hall–Kier alpha value is -3.80. The van der Waals surface area contributed by atoms with Crippen LogP contribution in [0.4, 0.5) is 5.82 Å². The minimum atomic E-state index is -0.494. The van der Waals surface area contributed by atoms with Gasteiger partial charge in [-0.15, -0.1) is 5.10 Å². The number of nitrogens with two attached hydrogens (primary N) is 1. The molecule has 0 spiro atoms. The molecule has 0 atom stereocenters. The third-order valence-electron chi connectivity index (χ3n) is 5.04. The van der Waals surface area contributed by atoms with Gasteiger partial charge in [-0.1, -0.05) is 11.6 Å². The van der Waals surface area contributed by atoms with Gasteiger partial charge in [-0.25, -0.2) is 10.1 Å². The minimum absolute atomic E-state index is 0.00589. The van der Waals surface area contributed by atoms with E-state index < -0.39 is 5.91 Å². The maximum atomic E-state index is 13.0. The minimum Gasteiger partial charge on any atom is -0.494 e. The number of rotatable bonds is 8. The van der Waals surface area contributed by atoms with Gasteiger partial charge in [0.15, 0.2) is 5.69 Å². The molecule has 1 aromatic carbocycles. The largest absolute Gasteiger partial charge is 0.494 e. The standard InChI is InChI=1S/C20H25N9O3/c1-2-31-15-8-6-14(7-9-15)12-22-24-20(30)17-16(13-28-10-4-3-5-11-28)23-27-29(17)19-18(21)25-32-26-19/h6-9,12H,2-5,10-11,13H2,1H3,(H2,21,25)(H,24,30)/b22-12-. The number of hydrazone groups is 1. The van der Waals surface area contributed by atoms with Crippen LogP contribution in [0.25, 0.3) is 5.82 Å². The summed E-state index contributed by atoms with van der Waals surface area (Å²) < 4.78 is 11.3. The molecular formula is C20H25N9O3. The van der Waals surface area contributed by atoms with E-state index in [0.29, 0.717) is 18.8 Å². The van der Waals surface area contributed by atoms with E-state index in [9.17, 15) is 4.79 Å². The number of nitrogens with one attached hydrogen (secondary N) is 1. The van der Waals surface area contributed by atoms with Crippen molar-refractivity contribution in [2.75, 3.05) is 25.4 Å². The number of carbonyl (C=O) groups excluding carboxylic acids is 1. The predicted octanol–water partition coefficient (Wildman–Crippen LogP) is 1.38. The molecule has 4 rings (SSSR count). The first-order valence-corrected chi connectivity index (χ1v) is 10.5. The van der Waals surface area contributed by atoms with Gasteiger partial charge in [0, 0.05) is 6.54 Å². The van der Waals surface area contributed by atoms with E-state index in [1.807, 2.05) is 31.2 Å². The fraction of sp³-hybridized carbons (Fsp3) is 0.400. The number of nitrogens with zero attached hydrogens (tertiary/aromatic N) is 7. The summed E-state index contributed by atoms with van der Waals surface area (Å²) in [5.74, 6) is 0.380. The molecular weight excluding hydrogens is 414 g/mol. The summed E-state index contributed by atoms with van der Waals surface area (Å²) in [7, 11) is 0. The Morgan fingerprint density at radius 2 is 2.03 bits per heavy atom. The Morgan fingerprint density at radius 1 is 1.25 bits per heavy atom. The van der Waals surface area contributed by atoms with Crippen LogP contribution >= 0.6 is 0 Å². The molecule has 3 N–H and O–H groups in total. The first kappa shape index (κ1) is 21.4. The van der Waals surface area contributed by atoms with E-state index in [-0.39, 0.29) is 17.3 Å². The Bertz CT molecular complexity index is 1070. The summed E-state index contributed by atoms with van der Waals surface area (Å²) >= 11 is 0. The van der Waals surface area contributed by atoms with Crippen molar-refractivity contribution < 1.29 is 14.2 Å². The van der Waals surface area contributed by atoms with Crippen molar-refractivity contribution in [1.82, 2.24) is 35.6 Å². The monoisotopic (exact) mass is 439 g/mol. The highest BCUT2D eigenvalue weighted by atomic mass is 16.6. The van der Waals surface area contributed by atoms with Gasteiger partial charge in [-0.05, 0) is 73.0 Å². The zero-order chi connectivity index (χ0) is 22.3. The van der Waals surface area contributed by atoms with Crippen molar-refractivity contribution in [1.29, 1.82) is 0 Å². The van der Waals surface area contributed by atoms with Gasteiger partial charge in [-0.3, -0.25) is 9.69 Å². The zero-order valence-corrected chi connectivity index (χ0v) is 17.8. The molecule has 3 heterocycles. The first-order valence-electron chi connectivity index (χ1n) is 10.5. The van der Waals surface area contributed by atoms with Gasteiger partial charge in [0.2, 0.25) is 11.6 Å². The van der Waals surface area contributed by atoms with Gasteiger partial charge in [-0.2, -0.15) is 9.78 Å². The second-order valence-corrected chi connectivity index (χ2v) is 7.31. The van der Waals surface area contributed by atoms with Gasteiger partial charge in [0.1, 0.15) is 11.4 Å². The molecule has 12 nitrogen and oxygen atoms in total. The second-order valence-electron chi connectivity index (χ2n) is 7.31. The molecule has 1 amide bonds. The fourth-order valence-corrected chi connectivity index (χ4v) is 3.50. The maximum Gasteiger partial charge on any atom is 0.292 e. The normalized spacial score (nSPS) is 14.7. The molecule has 1 fully saturated rings. The lowest BCUT2D eigenvalue weighted by Crippen LogP contribution is -2.31. The molecule has 2 aromatic heterocycles. The third-order valence-corrected chi connectivity index (χ3v) is 5.04. The summed E-state index contributed by atoms with van der Waals surface area (Å²) in [5.41, 5.74) is 9.83. The van der Waals surface area contributed by atoms with Crippen molar-refractivity contribution in [3.8, 4) is 11.6 Å². The quantitative estimate of drug-likeness (QED) is 0.392. The molecule has 12 heteroatoms. The summed E-state index contributed by atoms with van der Waals surface area (Å²) in [5, 5.41) is 19.6. The van der Waals surface area contributed by atoms with E-state index in [0.717, 1.165) is 37.2 Å². The predicted molar refractivity (Wildman–Crippen MR) is 115 cm³/mol. The maximum absolute atomic E-state index is 13.0. The van der Waals surface area contributed by atoms with Crippen LogP contribution in [0.15, 0.2) is 34.0 Å². The average molecular weight is 439 g/mol. The van der Waals surface area contributed by atoms with Crippen molar-refractivity contribution >= 4 is 17.9 Å². The summed E-state index contributed by atoms with van der Waals surface area (Å²) in [6.07, 6.45) is 4.97. The molecule has 1 aliphatic rings. The van der Waals surface area contributed by atoms with Crippen LogP contribution in [0.5, 0.6) is 5.75 Å². The lowest BCUT2D eigenvalue weighted by atomic mass is 10.1. The second kappa shape index (κ2) is 10.0. The van der Waals surface area contributed by atoms with Crippen LogP contribution in [0.1, 0.15) is 47.9 Å². The Morgan fingerprint density at radius 3 is 2.72 bits per heavy atom. The van der Waals surface area contributed by atoms with Crippen LogP contribution in [0, 0.1) is 0 Å². The van der Waals surface area contributed by atoms with E-state index in [4.69, 9.17) is 10.5 Å². The van der Waals surface area contributed by atoms with Gasteiger partial charge in [0.05, 0.1) is 12.8 Å². The van der Waals surface area contributed by atoms with Crippen molar-refractivity contribution in [3.63, 3.8) is 0 Å². The molecule has 0 unspecified atom stereocenters. The highest BCUT2D eigenvalue weighted by molar-refractivity contribution is 5.95. The van der Waals surface area contributed by atoms with E-state index in [2.05, 4.69) is 40.7 Å². The zero-order valence-electron chi connectivity index (χ0n) is 17.8. The van der Waals surface area contributed by atoms with E-state index in [1.165, 1.54) is 17.3 Å². The molecule has 32 heavy (non-hydrogen) atoms. The Balaban J connectivity index is 1.53. The highest BCUT2D eigenvalue weighted by Gasteiger charge is 2.26. The van der Waals surface area contributed by atoms with Crippen molar-refractivity contribution in [3.05, 3.63) is 41.2 Å². The topological polar surface area (TPSA) is 150 Å². The number of hydrogen-bond acceptors (Lipinski definition) is 10. The van der Waals surface area contributed by atoms with Gasteiger partial charge in [0.25, 0.3) is 5.91 Å². The van der Waals surface area contributed by atoms with Crippen LogP contribution in [-0.2, 0) is 6.54 Å². The van der Waals surface area contributed by atoms with Crippen molar-refractivity contribution in [2.45, 2.75) is 32.7 Å².